The van der Waals surface area contributed by atoms with Gasteiger partial charge in [-0.3, -0.25) is 4.99 Å². The van der Waals surface area contributed by atoms with Gasteiger partial charge in [-0.2, -0.15) is 0 Å². The molecule has 0 aromatic carbocycles. The van der Waals surface area contributed by atoms with Crippen molar-refractivity contribution in [1.82, 2.24) is 15.4 Å². The van der Waals surface area contributed by atoms with E-state index in [9.17, 15) is 8.42 Å². The molecule has 0 amide bonds. The summed E-state index contributed by atoms with van der Waals surface area (Å²) in [5, 5.41) is 6.23. The number of sulfonamides is 1. The van der Waals surface area contributed by atoms with Crippen LogP contribution in [0.15, 0.2) is 4.99 Å². The number of nitrogens with zero attached hydrogens (tertiary/aromatic N) is 1. The Morgan fingerprint density at radius 2 is 1.86 bits per heavy atom. The van der Waals surface area contributed by atoms with Crippen molar-refractivity contribution in [2.75, 3.05) is 39.5 Å². The lowest BCUT2D eigenvalue weighted by Gasteiger charge is -2.30. The zero-order valence-corrected chi connectivity index (χ0v) is 14.8. The summed E-state index contributed by atoms with van der Waals surface area (Å²) in [6.45, 7) is 9.35. The first-order valence-electron chi connectivity index (χ1n) is 7.11. The van der Waals surface area contributed by atoms with Crippen LogP contribution in [0.3, 0.4) is 0 Å². The summed E-state index contributed by atoms with van der Waals surface area (Å²) >= 11 is 0. The van der Waals surface area contributed by atoms with E-state index in [1.807, 2.05) is 0 Å². The van der Waals surface area contributed by atoms with Gasteiger partial charge in [0.2, 0.25) is 10.0 Å². The molecule has 7 nitrogen and oxygen atoms in total. The Balaban J connectivity index is 4.14. The van der Waals surface area contributed by atoms with Crippen LogP contribution in [0, 0.1) is 5.41 Å². The lowest BCUT2D eigenvalue weighted by molar-refractivity contribution is 0.0205. The third-order valence-corrected chi connectivity index (χ3v) is 4.45. The van der Waals surface area contributed by atoms with Crippen LogP contribution < -0.4 is 15.4 Å². The van der Waals surface area contributed by atoms with Gasteiger partial charge < -0.3 is 15.4 Å². The van der Waals surface area contributed by atoms with E-state index in [2.05, 4.69) is 41.1 Å². The highest BCUT2D eigenvalue weighted by Gasteiger charge is 2.24. The predicted molar refractivity (Wildman–Crippen MR) is 87.1 cm³/mol. The van der Waals surface area contributed by atoms with E-state index in [0.717, 1.165) is 0 Å². The molecule has 0 heterocycles. The Morgan fingerprint density at radius 1 is 1.24 bits per heavy atom. The van der Waals surface area contributed by atoms with Gasteiger partial charge in [-0.05, 0) is 12.3 Å². The second-order valence-electron chi connectivity index (χ2n) is 5.77. The molecule has 0 aliphatic rings. The number of guanidine groups is 1. The lowest BCUT2D eigenvalue weighted by Crippen LogP contribution is -2.46. The first-order chi connectivity index (χ1) is 9.66. The standard InChI is InChI=1S/C13H30N4O3S/c1-7-21(18,19)17-9-8-15-12(14-5)16-10-11(20-6)13(2,3)4/h11,17H,7-10H2,1-6H3,(H2,14,15,16). The molecule has 0 saturated carbocycles. The Labute approximate surface area is 129 Å². The Bertz CT molecular complexity index is 416. The highest BCUT2D eigenvalue weighted by atomic mass is 32.2. The van der Waals surface area contributed by atoms with E-state index in [1.165, 1.54) is 0 Å². The van der Waals surface area contributed by atoms with Crippen LogP contribution >= 0.6 is 0 Å². The molecule has 1 unspecified atom stereocenters. The lowest BCUT2D eigenvalue weighted by atomic mass is 9.89. The van der Waals surface area contributed by atoms with Crippen molar-refractivity contribution >= 4 is 16.0 Å². The fourth-order valence-electron chi connectivity index (χ4n) is 1.64. The number of hydrogen-bond donors (Lipinski definition) is 3. The van der Waals surface area contributed by atoms with Crippen LogP contribution in [0.4, 0.5) is 0 Å². The Kier molecular flexibility index (Phi) is 8.84. The van der Waals surface area contributed by atoms with Crippen LogP contribution in [-0.4, -0.2) is 60.0 Å². The topological polar surface area (TPSA) is 91.8 Å². The van der Waals surface area contributed by atoms with E-state index in [4.69, 9.17) is 4.74 Å². The summed E-state index contributed by atoms with van der Waals surface area (Å²) in [5.74, 6) is 0.707. The number of rotatable bonds is 8. The van der Waals surface area contributed by atoms with Gasteiger partial charge in [-0.15, -0.1) is 0 Å². The summed E-state index contributed by atoms with van der Waals surface area (Å²) < 4.78 is 30.5. The first kappa shape index (κ1) is 20.1. The van der Waals surface area contributed by atoms with Crippen molar-refractivity contribution in [3.8, 4) is 0 Å². The van der Waals surface area contributed by atoms with Crippen molar-refractivity contribution in [2.45, 2.75) is 33.8 Å². The number of aliphatic imine (C=N–C) groups is 1. The van der Waals surface area contributed by atoms with Crippen LogP contribution in [0.25, 0.3) is 0 Å². The molecular formula is C13H30N4O3S. The molecule has 0 bridgehead atoms. The van der Waals surface area contributed by atoms with Gasteiger partial charge in [0.1, 0.15) is 0 Å². The minimum Gasteiger partial charge on any atom is -0.379 e. The van der Waals surface area contributed by atoms with Crippen molar-refractivity contribution in [2.24, 2.45) is 10.4 Å². The van der Waals surface area contributed by atoms with Gasteiger partial charge in [0.15, 0.2) is 5.96 Å². The molecule has 0 radical (unpaired) electrons. The summed E-state index contributed by atoms with van der Waals surface area (Å²) in [4.78, 5) is 4.09. The summed E-state index contributed by atoms with van der Waals surface area (Å²) in [7, 11) is 0.215. The number of hydrogen-bond acceptors (Lipinski definition) is 4. The molecule has 3 N–H and O–H groups in total. The molecular weight excluding hydrogens is 292 g/mol. The number of ether oxygens (including phenoxy) is 1. The van der Waals surface area contributed by atoms with Gasteiger partial charge in [0, 0.05) is 33.8 Å². The van der Waals surface area contributed by atoms with Gasteiger partial charge in [-0.1, -0.05) is 20.8 Å². The molecule has 0 aromatic rings. The second-order valence-corrected chi connectivity index (χ2v) is 7.86. The smallest absolute Gasteiger partial charge is 0.211 e. The van der Waals surface area contributed by atoms with Gasteiger partial charge in [-0.25, -0.2) is 13.1 Å². The SMILES string of the molecule is CCS(=O)(=O)NCCNC(=NC)NCC(OC)C(C)(C)C. The third kappa shape index (κ3) is 8.90. The molecule has 0 aliphatic heterocycles. The predicted octanol–water partition coefficient (Wildman–Crippen LogP) is 0.152. The van der Waals surface area contributed by atoms with E-state index >= 15 is 0 Å². The largest absolute Gasteiger partial charge is 0.379 e. The second kappa shape index (κ2) is 9.22. The molecule has 0 saturated heterocycles. The maximum atomic E-state index is 11.3. The molecule has 0 aliphatic carbocycles. The average molecular weight is 322 g/mol. The van der Waals surface area contributed by atoms with Crippen LogP contribution in [0.1, 0.15) is 27.7 Å². The Hall–Kier alpha value is -0.860. The monoisotopic (exact) mass is 322 g/mol. The molecule has 0 fully saturated rings. The van der Waals surface area contributed by atoms with E-state index in [1.54, 1.807) is 21.1 Å². The zero-order chi connectivity index (χ0) is 16.5. The normalized spacial score (nSPS) is 14.9. The van der Waals surface area contributed by atoms with Crippen LogP contribution in [-0.2, 0) is 14.8 Å². The fourth-order valence-corrected chi connectivity index (χ4v) is 2.26. The number of methoxy groups -OCH3 is 1. The molecule has 1 atom stereocenters. The van der Waals surface area contributed by atoms with Crippen molar-refractivity contribution in [3.63, 3.8) is 0 Å². The molecule has 0 rings (SSSR count). The van der Waals surface area contributed by atoms with Crippen LogP contribution in [0.5, 0.6) is 0 Å². The molecule has 0 spiro atoms. The van der Waals surface area contributed by atoms with E-state index < -0.39 is 10.0 Å². The van der Waals surface area contributed by atoms with Crippen molar-refractivity contribution < 1.29 is 13.2 Å². The van der Waals surface area contributed by atoms with Gasteiger partial charge in [0.05, 0.1) is 11.9 Å². The van der Waals surface area contributed by atoms with E-state index in [0.29, 0.717) is 25.6 Å². The van der Waals surface area contributed by atoms with E-state index in [-0.39, 0.29) is 17.3 Å². The minimum absolute atomic E-state index is 0.0252. The maximum Gasteiger partial charge on any atom is 0.211 e. The molecule has 8 heteroatoms. The summed E-state index contributed by atoms with van der Waals surface area (Å²) in [5.41, 5.74) is 0.0252. The van der Waals surface area contributed by atoms with Crippen molar-refractivity contribution in [1.29, 1.82) is 0 Å². The zero-order valence-electron chi connectivity index (χ0n) is 14.0. The third-order valence-electron chi connectivity index (χ3n) is 3.05. The Morgan fingerprint density at radius 3 is 2.29 bits per heavy atom. The quantitative estimate of drug-likeness (QED) is 0.336. The highest BCUT2D eigenvalue weighted by Crippen LogP contribution is 2.20. The first-order valence-corrected chi connectivity index (χ1v) is 8.76. The highest BCUT2D eigenvalue weighted by molar-refractivity contribution is 7.89. The minimum atomic E-state index is -3.14. The molecule has 21 heavy (non-hydrogen) atoms. The average Bonchev–Trinajstić information content (AvgIpc) is 2.40. The van der Waals surface area contributed by atoms with Crippen molar-refractivity contribution in [3.05, 3.63) is 0 Å². The maximum absolute atomic E-state index is 11.3. The molecule has 126 valence electrons. The van der Waals surface area contributed by atoms with Gasteiger partial charge in [0.25, 0.3) is 0 Å². The number of nitrogens with one attached hydrogen (secondary N) is 3. The van der Waals surface area contributed by atoms with Crippen LogP contribution in [0.2, 0.25) is 0 Å². The molecule has 0 aromatic heterocycles. The summed E-state index contributed by atoms with van der Waals surface area (Å²) in [6, 6.07) is 0. The van der Waals surface area contributed by atoms with Gasteiger partial charge >= 0.3 is 0 Å². The summed E-state index contributed by atoms with van der Waals surface area (Å²) in [6.07, 6.45) is 0.0506. The fraction of sp³-hybridized carbons (Fsp3) is 0.923.